The summed E-state index contributed by atoms with van der Waals surface area (Å²) in [5.74, 6) is -5.35. The van der Waals surface area contributed by atoms with Crippen LogP contribution in [0.3, 0.4) is 0 Å². The van der Waals surface area contributed by atoms with Crippen molar-refractivity contribution >= 4 is 33.6 Å². The first-order chi connectivity index (χ1) is 15.5. The molecule has 0 aliphatic carbocycles. The highest BCUT2D eigenvalue weighted by molar-refractivity contribution is 6.11. The summed E-state index contributed by atoms with van der Waals surface area (Å²) in [7, 11) is 0. The van der Waals surface area contributed by atoms with Gasteiger partial charge in [0.2, 0.25) is 5.43 Å². The molecule has 8 nitrogen and oxygen atoms in total. The van der Waals surface area contributed by atoms with Crippen LogP contribution in [0.4, 0.5) is 22.0 Å². The highest BCUT2D eigenvalue weighted by Crippen LogP contribution is 2.35. The number of fused-ring (bicyclic) bond motifs is 3. The quantitative estimate of drug-likeness (QED) is 0.141. The van der Waals surface area contributed by atoms with Crippen LogP contribution >= 0.6 is 0 Å². The topological polar surface area (TPSA) is 126 Å². The van der Waals surface area contributed by atoms with Crippen LogP contribution in [0.2, 0.25) is 0 Å². The van der Waals surface area contributed by atoms with Gasteiger partial charge in [-0.1, -0.05) is 23.4 Å². The summed E-state index contributed by atoms with van der Waals surface area (Å²) >= 11 is 0. The molecular weight excluding hydrogens is 453 g/mol. The average molecular weight is 465 g/mol. The summed E-state index contributed by atoms with van der Waals surface area (Å²) in [6.45, 7) is 1.58. The third-order valence-electron chi connectivity index (χ3n) is 4.76. The van der Waals surface area contributed by atoms with Crippen molar-refractivity contribution in [3.63, 3.8) is 0 Å². The van der Waals surface area contributed by atoms with Gasteiger partial charge in [0.15, 0.2) is 17.3 Å². The van der Waals surface area contributed by atoms with Gasteiger partial charge in [0.05, 0.1) is 11.1 Å². The van der Waals surface area contributed by atoms with Crippen LogP contribution in [-0.2, 0) is 9.63 Å². The number of hydrogen-bond acceptors (Lipinski definition) is 5. The van der Waals surface area contributed by atoms with E-state index in [4.69, 9.17) is 5.73 Å². The molecule has 13 heteroatoms. The Morgan fingerprint density at radius 1 is 1.12 bits per heavy atom. The number of benzene rings is 2. The summed E-state index contributed by atoms with van der Waals surface area (Å²) in [5, 5.41) is 8.00. The number of H-pyrrole nitrogens is 2. The molecular formula is C20H12F5N5O3. The van der Waals surface area contributed by atoms with E-state index in [1.165, 1.54) is 24.3 Å². The molecule has 0 spiro atoms. The molecule has 0 saturated heterocycles. The number of nitrogens with zero attached hydrogens (tertiary/aromatic N) is 2. The number of halogens is 5. The zero-order valence-electron chi connectivity index (χ0n) is 16.5. The molecule has 0 bridgehead atoms. The standard InChI is InChI=1S/C20H12F5N5O3/c1-7-12-14-13(10(21)6-11(31)15(14)22)16(27-18(12)29-28-7)8-3-2-4-9(5-8)17(26)30-33-19(32)20(23,24)25/h2-6H,1H3,(H2,26,30)(H2,27,28,29). The van der Waals surface area contributed by atoms with Gasteiger partial charge in [0, 0.05) is 33.7 Å². The van der Waals surface area contributed by atoms with Crippen molar-refractivity contribution in [2.24, 2.45) is 10.9 Å². The van der Waals surface area contributed by atoms with E-state index in [-0.39, 0.29) is 38.6 Å². The molecule has 4 N–H and O–H groups in total. The van der Waals surface area contributed by atoms with E-state index < -0.39 is 35.0 Å². The Bertz CT molecular complexity index is 1520. The highest BCUT2D eigenvalue weighted by atomic mass is 19.4. The summed E-state index contributed by atoms with van der Waals surface area (Å²) in [6.07, 6.45) is -5.27. The summed E-state index contributed by atoms with van der Waals surface area (Å²) in [5.41, 5.74) is 5.11. The molecule has 4 aromatic rings. The molecule has 0 atom stereocenters. The van der Waals surface area contributed by atoms with Gasteiger partial charge in [-0.2, -0.15) is 13.2 Å². The Kier molecular flexibility index (Phi) is 5.11. The van der Waals surface area contributed by atoms with Crippen LogP contribution in [-0.4, -0.2) is 33.2 Å². The van der Waals surface area contributed by atoms with Crippen LogP contribution in [0.1, 0.15) is 11.3 Å². The maximum atomic E-state index is 14.9. The van der Waals surface area contributed by atoms with Gasteiger partial charge in [0.25, 0.3) is 0 Å². The number of alkyl halides is 3. The zero-order chi connectivity index (χ0) is 24.1. The lowest BCUT2D eigenvalue weighted by Gasteiger charge is -2.10. The second-order valence-corrected chi connectivity index (χ2v) is 6.91. The van der Waals surface area contributed by atoms with Crippen LogP contribution in [0.5, 0.6) is 0 Å². The fourth-order valence-corrected chi connectivity index (χ4v) is 3.31. The molecule has 0 amide bonds. The second-order valence-electron chi connectivity index (χ2n) is 6.91. The molecule has 0 radical (unpaired) electrons. The molecule has 4 rings (SSSR count). The summed E-state index contributed by atoms with van der Waals surface area (Å²) in [4.78, 5) is 30.8. The number of oxime groups is 1. The molecule has 2 aromatic carbocycles. The predicted molar refractivity (Wildman–Crippen MR) is 107 cm³/mol. The third kappa shape index (κ3) is 3.77. The van der Waals surface area contributed by atoms with E-state index in [9.17, 15) is 31.5 Å². The fraction of sp³-hybridized carbons (Fsp3) is 0.100. The smallest absolute Gasteiger partial charge is 0.380 e. The number of amidine groups is 1. The minimum atomic E-state index is -5.27. The molecule has 0 aliphatic rings. The van der Waals surface area contributed by atoms with Gasteiger partial charge in [-0.3, -0.25) is 9.89 Å². The van der Waals surface area contributed by atoms with Crippen molar-refractivity contribution in [1.29, 1.82) is 0 Å². The number of aromatic amines is 2. The third-order valence-corrected chi connectivity index (χ3v) is 4.76. The Morgan fingerprint density at radius 2 is 1.85 bits per heavy atom. The van der Waals surface area contributed by atoms with E-state index in [2.05, 4.69) is 25.2 Å². The molecule has 0 aliphatic heterocycles. The van der Waals surface area contributed by atoms with Crippen molar-refractivity contribution in [3.8, 4) is 11.3 Å². The van der Waals surface area contributed by atoms with Gasteiger partial charge in [-0.25, -0.2) is 18.6 Å². The number of carbonyl (C=O) groups excluding carboxylic acids is 1. The van der Waals surface area contributed by atoms with Crippen molar-refractivity contribution in [2.75, 3.05) is 0 Å². The molecule has 170 valence electrons. The molecule has 0 saturated carbocycles. The first kappa shape index (κ1) is 21.9. The number of rotatable bonds is 3. The van der Waals surface area contributed by atoms with E-state index in [1.807, 2.05) is 0 Å². The van der Waals surface area contributed by atoms with E-state index in [0.717, 1.165) is 0 Å². The SMILES string of the molecule is Cc1[nH][nH]c2nc(-c3cccc(C(N)=NOC(=O)C(F)(F)F)c3)c3c(F)cc(=O)c(F)c3c12. The maximum absolute atomic E-state index is 14.9. The van der Waals surface area contributed by atoms with Gasteiger partial charge in [0.1, 0.15) is 5.82 Å². The Labute approximate surface area is 179 Å². The van der Waals surface area contributed by atoms with Crippen LogP contribution < -0.4 is 11.2 Å². The van der Waals surface area contributed by atoms with Gasteiger partial charge in [-0.15, -0.1) is 0 Å². The molecule has 2 heterocycles. The number of aryl methyl sites for hydroxylation is 1. The number of nitrogens with one attached hydrogen (secondary N) is 2. The number of nitrogens with two attached hydrogens (primary N) is 1. The highest BCUT2D eigenvalue weighted by Gasteiger charge is 2.41. The lowest BCUT2D eigenvalue weighted by molar-refractivity contribution is -0.199. The van der Waals surface area contributed by atoms with Crippen LogP contribution in [0.15, 0.2) is 40.3 Å². The van der Waals surface area contributed by atoms with Gasteiger partial charge < -0.3 is 15.7 Å². The Hall–Kier alpha value is -4.29. The van der Waals surface area contributed by atoms with Crippen molar-refractivity contribution < 1.29 is 31.6 Å². The van der Waals surface area contributed by atoms with Gasteiger partial charge in [-0.05, 0) is 13.0 Å². The molecule has 0 fully saturated rings. The lowest BCUT2D eigenvalue weighted by atomic mass is 9.98. The Morgan fingerprint density at radius 3 is 2.55 bits per heavy atom. The molecule has 2 aromatic heterocycles. The molecule has 0 unspecified atom stereocenters. The molecule has 33 heavy (non-hydrogen) atoms. The number of hydrogen-bond donors (Lipinski definition) is 3. The largest absolute Gasteiger partial charge is 0.493 e. The Balaban J connectivity index is 1.91. The number of pyridine rings is 1. The van der Waals surface area contributed by atoms with Crippen molar-refractivity contribution in [1.82, 2.24) is 15.2 Å². The monoisotopic (exact) mass is 465 g/mol. The minimum absolute atomic E-state index is 0.00748. The summed E-state index contributed by atoms with van der Waals surface area (Å²) < 4.78 is 66.5. The minimum Gasteiger partial charge on any atom is -0.380 e. The first-order valence-corrected chi connectivity index (χ1v) is 9.10. The van der Waals surface area contributed by atoms with E-state index >= 15 is 0 Å². The second kappa shape index (κ2) is 7.69. The van der Waals surface area contributed by atoms with E-state index in [1.54, 1.807) is 6.92 Å². The van der Waals surface area contributed by atoms with Gasteiger partial charge >= 0.3 is 12.1 Å². The normalized spacial score (nSPS) is 12.5. The number of carbonyl (C=O) groups is 1. The fourth-order valence-electron chi connectivity index (χ4n) is 3.31. The van der Waals surface area contributed by atoms with Crippen molar-refractivity contribution in [2.45, 2.75) is 13.1 Å². The lowest BCUT2D eigenvalue weighted by Crippen LogP contribution is -2.25. The van der Waals surface area contributed by atoms with Crippen LogP contribution in [0, 0.1) is 18.6 Å². The summed E-state index contributed by atoms with van der Waals surface area (Å²) in [6, 6.07) is 5.96. The predicted octanol–water partition coefficient (Wildman–Crippen LogP) is 3.38. The average Bonchev–Trinajstić information content (AvgIpc) is 3.14. The van der Waals surface area contributed by atoms with Crippen LogP contribution in [0.25, 0.3) is 33.1 Å². The van der Waals surface area contributed by atoms with Crippen molar-refractivity contribution in [3.05, 3.63) is 63.4 Å². The maximum Gasteiger partial charge on any atom is 0.493 e. The van der Waals surface area contributed by atoms with E-state index in [0.29, 0.717) is 11.8 Å². The zero-order valence-corrected chi connectivity index (χ0v) is 16.5. The first-order valence-electron chi connectivity index (χ1n) is 9.10. The number of aromatic nitrogens is 3.